The third kappa shape index (κ3) is 3.50. The van der Waals surface area contributed by atoms with Crippen molar-refractivity contribution in [3.8, 4) is 5.69 Å². The van der Waals surface area contributed by atoms with Crippen molar-refractivity contribution in [3.05, 3.63) is 42.2 Å². The maximum atomic E-state index is 12.8. The van der Waals surface area contributed by atoms with Crippen LogP contribution in [0.3, 0.4) is 0 Å². The first-order valence-corrected chi connectivity index (χ1v) is 8.85. The Labute approximate surface area is 156 Å². The van der Waals surface area contributed by atoms with Gasteiger partial charge in [0.25, 0.3) is 0 Å². The molecule has 0 bridgehead atoms. The molecule has 3 heterocycles. The van der Waals surface area contributed by atoms with Crippen molar-refractivity contribution in [2.75, 3.05) is 18.4 Å². The first-order chi connectivity index (χ1) is 13.1. The fraction of sp³-hybridized carbons (Fsp3) is 0.412. The van der Waals surface area contributed by atoms with Gasteiger partial charge in [0.15, 0.2) is 0 Å². The average Bonchev–Trinajstić information content (AvgIpc) is 3.35. The highest BCUT2D eigenvalue weighted by Gasteiger charge is 2.27. The maximum Gasteiger partial charge on any atom is 0.321 e. The van der Waals surface area contributed by atoms with Gasteiger partial charge in [0, 0.05) is 31.7 Å². The molecule has 0 spiro atoms. The smallest absolute Gasteiger partial charge is 0.321 e. The molecule has 0 aliphatic carbocycles. The van der Waals surface area contributed by atoms with Gasteiger partial charge in [-0.1, -0.05) is 6.07 Å². The monoisotopic (exact) mass is 367 g/mol. The number of hydrogen-bond donors (Lipinski definition) is 1. The van der Waals surface area contributed by atoms with Crippen LogP contribution < -0.4 is 5.32 Å². The Hall–Kier alpha value is -3.30. The van der Waals surface area contributed by atoms with E-state index in [2.05, 4.69) is 31.0 Å². The van der Waals surface area contributed by atoms with E-state index in [0.717, 1.165) is 42.1 Å². The van der Waals surface area contributed by atoms with Crippen molar-refractivity contribution in [1.82, 2.24) is 39.9 Å². The van der Waals surface area contributed by atoms with Gasteiger partial charge < -0.3 is 14.8 Å². The number of urea groups is 1. The molecule has 1 aromatic carbocycles. The van der Waals surface area contributed by atoms with E-state index < -0.39 is 0 Å². The van der Waals surface area contributed by atoms with Crippen molar-refractivity contribution < 1.29 is 4.79 Å². The summed E-state index contributed by atoms with van der Waals surface area (Å²) in [6.07, 6.45) is 5.16. The molecule has 140 valence electrons. The molecule has 0 unspecified atom stereocenters. The Morgan fingerprint density at radius 2 is 2.15 bits per heavy atom. The van der Waals surface area contributed by atoms with Gasteiger partial charge in [0.05, 0.1) is 5.69 Å². The lowest BCUT2D eigenvalue weighted by atomic mass is 9.97. The predicted molar refractivity (Wildman–Crippen MR) is 97.5 cm³/mol. The molecule has 1 saturated heterocycles. The van der Waals surface area contributed by atoms with Gasteiger partial charge in [0.1, 0.15) is 18.5 Å². The molecule has 10 nitrogen and oxygen atoms in total. The topological polar surface area (TPSA) is 107 Å². The SMILES string of the molecule is Cc1ccc(-n2cnnn2)cc1NC(=O)N1CCC[C@H](c2nncn2C)C1. The molecular weight excluding hydrogens is 346 g/mol. The number of carbonyl (C=O) groups is 1. The quantitative estimate of drug-likeness (QED) is 0.752. The Balaban J connectivity index is 1.49. The molecule has 1 fully saturated rings. The number of carbonyl (C=O) groups excluding carboxylic acids is 1. The van der Waals surface area contributed by atoms with E-state index in [1.807, 2.05) is 41.6 Å². The lowest BCUT2D eigenvalue weighted by molar-refractivity contribution is 0.190. The fourth-order valence-electron chi connectivity index (χ4n) is 3.40. The fourth-order valence-corrected chi connectivity index (χ4v) is 3.40. The highest BCUT2D eigenvalue weighted by Crippen LogP contribution is 2.26. The van der Waals surface area contributed by atoms with E-state index in [0.29, 0.717) is 6.54 Å². The number of likely N-dealkylation sites (tertiary alicyclic amines) is 1. The summed E-state index contributed by atoms with van der Waals surface area (Å²) >= 11 is 0. The van der Waals surface area contributed by atoms with E-state index in [1.165, 1.54) is 6.33 Å². The van der Waals surface area contributed by atoms with Crippen LogP contribution in [0.1, 0.15) is 30.1 Å². The van der Waals surface area contributed by atoms with Crippen LogP contribution in [0.2, 0.25) is 0 Å². The van der Waals surface area contributed by atoms with Crippen LogP contribution in [0.4, 0.5) is 10.5 Å². The lowest BCUT2D eigenvalue weighted by Crippen LogP contribution is -2.42. The van der Waals surface area contributed by atoms with Gasteiger partial charge in [-0.3, -0.25) is 0 Å². The van der Waals surface area contributed by atoms with E-state index in [4.69, 9.17) is 0 Å². The second-order valence-corrected chi connectivity index (χ2v) is 6.77. The minimum atomic E-state index is -0.112. The Morgan fingerprint density at radius 1 is 1.26 bits per heavy atom. The van der Waals surface area contributed by atoms with Crippen LogP contribution in [-0.2, 0) is 7.05 Å². The number of nitrogens with zero attached hydrogens (tertiary/aromatic N) is 8. The molecule has 4 rings (SSSR count). The summed E-state index contributed by atoms with van der Waals surface area (Å²) in [6.45, 7) is 3.31. The molecule has 0 saturated carbocycles. The summed E-state index contributed by atoms with van der Waals surface area (Å²) in [7, 11) is 1.93. The van der Waals surface area contributed by atoms with E-state index in [9.17, 15) is 4.79 Å². The molecule has 27 heavy (non-hydrogen) atoms. The standard InChI is InChI=1S/C17H21N9O/c1-12-5-6-14(26-11-19-22-23-26)8-15(12)20-17(27)25-7-3-4-13(9-25)16-21-18-10-24(16)2/h5-6,8,10-11,13H,3-4,7,9H2,1-2H3,(H,20,27)/t13-/m0/s1. The number of hydrogen-bond acceptors (Lipinski definition) is 6. The second-order valence-electron chi connectivity index (χ2n) is 6.77. The molecule has 1 aliphatic rings. The summed E-state index contributed by atoms with van der Waals surface area (Å²) < 4.78 is 3.48. The maximum absolute atomic E-state index is 12.8. The molecule has 10 heteroatoms. The molecule has 2 amide bonds. The van der Waals surface area contributed by atoms with Crippen LogP contribution in [-0.4, -0.2) is 59.0 Å². The van der Waals surface area contributed by atoms with Crippen LogP contribution in [0.25, 0.3) is 5.69 Å². The highest BCUT2D eigenvalue weighted by atomic mass is 16.2. The molecular formula is C17H21N9O. The van der Waals surface area contributed by atoms with Crippen LogP contribution >= 0.6 is 0 Å². The summed E-state index contributed by atoms with van der Waals surface area (Å²) in [5.41, 5.74) is 2.51. The first-order valence-electron chi connectivity index (χ1n) is 8.85. The van der Waals surface area contributed by atoms with Gasteiger partial charge >= 0.3 is 6.03 Å². The van der Waals surface area contributed by atoms with Gasteiger partial charge in [-0.25, -0.2) is 9.48 Å². The van der Waals surface area contributed by atoms with E-state index in [-0.39, 0.29) is 11.9 Å². The van der Waals surface area contributed by atoms with Gasteiger partial charge in [-0.15, -0.1) is 15.3 Å². The van der Waals surface area contributed by atoms with Crippen molar-refractivity contribution in [3.63, 3.8) is 0 Å². The Bertz CT molecular complexity index is 934. The number of aromatic nitrogens is 7. The summed E-state index contributed by atoms with van der Waals surface area (Å²) in [4.78, 5) is 14.7. The normalized spacial score (nSPS) is 17.1. The number of nitrogens with one attached hydrogen (secondary N) is 1. The lowest BCUT2D eigenvalue weighted by Gasteiger charge is -2.32. The number of amides is 2. The summed E-state index contributed by atoms with van der Waals surface area (Å²) in [5.74, 6) is 1.12. The van der Waals surface area contributed by atoms with Gasteiger partial charge in [0.2, 0.25) is 0 Å². The van der Waals surface area contributed by atoms with Crippen LogP contribution in [0.5, 0.6) is 0 Å². The zero-order valence-electron chi connectivity index (χ0n) is 15.3. The summed E-state index contributed by atoms with van der Waals surface area (Å²) in [5, 5.41) is 22.4. The second kappa shape index (κ2) is 7.14. The largest absolute Gasteiger partial charge is 0.324 e. The highest BCUT2D eigenvalue weighted by molar-refractivity contribution is 5.90. The number of piperidine rings is 1. The number of benzene rings is 1. The van der Waals surface area contributed by atoms with E-state index >= 15 is 0 Å². The average molecular weight is 367 g/mol. The Kier molecular flexibility index (Phi) is 4.53. The summed E-state index contributed by atoms with van der Waals surface area (Å²) in [6, 6.07) is 5.60. The zero-order chi connectivity index (χ0) is 18.8. The number of anilines is 1. The van der Waals surface area contributed by atoms with Crippen LogP contribution in [0, 0.1) is 6.92 Å². The third-order valence-electron chi connectivity index (χ3n) is 4.90. The van der Waals surface area contributed by atoms with Crippen molar-refractivity contribution in [2.24, 2.45) is 7.05 Å². The van der Waals surface area contributed by atoms with Crippen molar-refractivity contribution in [2.45, 2.75) is 25.7 Å². The molecule has 1 N–H and O–H groups in total. The molecule has 0 radical (unpaired) electrons. The van der Waals surface area contributed by atoms with Crippen LogP contribution in [0.15, 0.2) is 30.9 Å². The molecule has 2 aromatic heterocycles. The van der Waals surface area contributed by atoms with Crippen molar-refractivity contribution >= 4 is 11.7 Å². The molecule has 3 aromatic rings. The van der Waals surface area contributed by atoms with Crippen molar-refractivity contribution in [1.29, 1.82) is 0 Å². The minimum absolute atomic E-state index is 0.112. The molecule has 1 atom stereocenters. The minimum Gasteiger partial charge on any atom is -0.324 e. The van der Waals surface area contributed by atoms with E-state index in [1.54, 1.807) is 11.0 Å². The first kappa shape index (κ1) is 17.1. The zero-order valence-corrected chi connectivity index (χ0v) is 15.3. The number of rotatable bonds is 3. The number of tetrazole rings is 1. The predicted octanol–water partition coefficient (Wildman–Crippen LogP) is 1.51. The molecule has 1 aliphatic heterocycles. The van der Waals surface area contributed by atoms with Gasteiger partial charge in [-0.2, -0.15) is 0 Å². The number of aryl methyl sites for hydroxylation is 2. The Morgan fingerprint density at radius 3 is 2.89 bits per heavy atom. The third-order valence-corrected chi connectivity index (χ3v) is 4.90. The van der Waals surface area contributed by atoms with Gasteiger partial charge in [-0.05, 0) is 47.9 Å².